The van der Waals surface area contributed by atoms with Gasteiger partial charge in [-0.05, 0) is 13.8 Å². The first-order valence-corrected chi connectivity index (χ1v) is 7.03. The third kappa shape index (κ3) is 3.82. The van der Waals surface area contributed by atoms with Crippen LogP contribution in [0.25, 0.3) is 5.78 Å². The Morgan fingerprint density at radius 3 is 2.52 bits per heavy atom. The molecule has 1 aliphatic rings. The van der Waals surface area contributed by atoms with E-state index >= 15 is 0 Å². The van der Waals surface area contributed by atoms with Crippen molar-refractivity contribution < 1.29 is 4.79 Å². The highest BCUT2D eigenvalue weighted by atomic mass is 35.5. The largest absolute Gasteiger partial charge is 0.353 e. The third-order valence-corrected chi connectivity index (χ3v) is 3.67. The molecule has 1 amide bonds. The van der Waals surface area contributed by atoms with E-state index in [2.05, 4.69) is 20.0 Å². The first-order chi connectivity index (χ1) is 10.1. The maximum Gasteiger partial charge on any atom is 0.254 e. The Bertz CT molecular complexity index is 667. The molecule has 10 heteroatoms. The number of nitrogens with two attached hydrogens (primary N) is 1. The molecule has 1 aliphatic heterocycles. The zero-order valence-corrected chi connectivity index (χ0v) is 14.7. The number of piperazine rings is 1. The van der Waals surface area contributed by atoms with Crippen molar-refractivity contribution in [2.24, 2.45) is 5.73 Å². The maximum absolute atomic E-state index is 11.9. The molecule has 2 N–H and O–H groups in total. The highest BCUT2D eigenvalue weighted by molar-refractivity contribution is 5.85. The van der Waals surface area contributed by atoms with Crippen molar-refractivity contribution in [3.05, 3.63) is 18.1 Å². The van der Waals surface area contributed by atoms with E-state index in [4.69, 9.17) is 5.73 Å². The van der Waals surface area contributed by atoms with Crippen molar-refractivity contribution in [2.75, 3.05) is 31.1 Å². The summed E-state index contributed by atoms with van der Waals surface area (Å²) in [6.07, 6.45) is 1.50. The number of hydrogen-bond donors (Lipinski definition) is 1. The number of carbonyl (C=O) groups is 1. The van der Waals surface area contributed by atoms with Gasteiger partial charge in [0.2, 0.25) is 5.91 Å². The van der Waals surface area contributed by atoms with Crippen LogP contribution in [0, 0.1) is 6.92 Å². The average molecular weight is 362 g/mol. The van der Waals surface area contributed by atoms with E-state index in [1.807, 2.05) is 17.9 Å². The lowest BCUT2D eigenvalue weighted by atomic mass is 10.2. The minimum atomic E-state index is -0.443. The van der Waals surface area contributed by atoms with Crippen molar-refractivity contribution in [1.82, 2.24) is 24.5 Å². The molecule has 128 valence electrons. The zero-order chi connectivity index (χ0) is 15.0. The summed E-state index contributed by atoms with van der Waals surface area (Å²) in [5.74, 6) is 1.56. The molecule has 3 rings (SSSR count). The molecule has 0 radical (unpaired) electrons. The number of nitrogens with zero attached hydrogens (tertiary/aromatic N) is 6. The van der Waals surface area contributed by atoms with Crippen molar-refractivity contribution in [2.45, 2.75) is 19.9 Å². The van der Waals surface area contributed by atoms with Crippen LogP contribution in [-0.2, 0) is 4.79 Å². The molecule has 1 atom stereocenters. The van der Waals surface area contributed by atoms with Crippen LogP contribution in [0.2, 0.25) is 0 Å². The van der Waals surface area contributed by atoms with E-state index in [9.17, 15) is 4.79 Å². The lowest BCUT2D eigenvalue weighted by molar-refractivity contribution is -0.132. The number of aryl methyl sites for hydroxylation is 1. The Morgan fingerprint density at radius 2 is 1.91 bits per heavy atom. The molecule has 0 aliphatic carbocycles. The molecule has 0 spiro atoms. The van der Waals surface area contributed by atoms with Gasteiger partial charge in [0, 0.05) is 37.9 Å². The van der Waals surface area contributed by atoms with Crippen LogP contribution >= 0.6 is 24.8 Å². The summed E-state index contributed by atoms with van der Waals surface area (Å²) in [4.78, 5) is 24.4. The van der Waals surface area contributed by atoms with Gasteiger partial charge in [0.15, 0.2) is 0 Å². The highest BCUT2D eigenvalue weighted by Gasteiger charge is 2.24. The van der Waals surface area contributed by atoms with Gasteiger partial charge in [-0.1, -0.05) is 0 Å². The van der Waals surface area contributed by atoms with Gasteiger partial charge in [-0.3, -0.25) is 4.79 Å². The summed E-state index contributed by atoms with van der Waals surface area (Å²) in [6, 6.07) is 1.55. The fourth-order valence-corrected chi connectivity index (χ4v) is 2.58. The van der Waals surface area contributed by atoms with Crippen molar-refractivity contribution in [3.63, 3.8) is 0 Å². The number of aromatic nitrogens is 4. The number of rotatable bonds is 2. The molecule has 0 saturated carbocycles. The normalized spacial score (nSPS) is 15.8. The molecule has 1 fully saturated rings. The van der Waals surface area contributed by atoms with E-state index in [-0.39, 0.29) is 30.7 Å². The van der Waals surface area contributed by atoms with Gasteiger partial charge in [0.1, 0.15) is 12.1 Å². The van der Waals surface area contributed by atoms with E-state index < -0.39 is 6.04 Å². The van der Waals surface area contributed by atoms with Crippen molar-refractivity contribution in [3.8, 4) is 0 Å². The monoisotopic (exact) mass is 361 g/mol. The maximum atomic E-state index is 11.9. The van der Waals surface area contributed by atoms with Crippen LogP contribution in [0.4, 0.5) is 5.82 Å². The number of fused-ring (bicyclic) bond motifs is 1. The summed E-state index contributed by atoms with van der Waals surface area (Å²) in [7, 11) is 0. The van der Waals surface area contributed by atoms with Crippen LogP contribution in [-0.4, -0.2) is 62.6 Å². The Labute approximate surface area is 146 Å². The minimum absolute atomic E-state index is 0. The summed E-state index contributed by atoms with van der Waals surface area (Å²) < 4.78 is 1.73. The summed E-state index contributed by atoms with van der Waals surface area (Å²) in [6.45, 7) is 6.48. The predicted molar refractivity (Wildman–Crippen MR) is 92.5 cm³/mol. The lowest BCUT2D eigenvalue weighted by Crippen LogP contribution is -2.53. The van der Waals surface area contributed by atoms with Gasteiger partial charge in [-0.25, -0.2) is 4.98 Å². The van der Waals surface area contributed by atoms with Crippen LogP contribution in [0.3, 0.4) is 0 Å². The first kappa shape index (κ1) is 19.4. The molecule has 1 saturated heterocycles. The van der Waals surface area contributed by atoms with Gasteiger partial charge < -0.3 is 15.5 Å². The van der Waals surface area contributed by atoms with Crippen molar-refractivity contribution >= 4 is 42.3 Å². The summed E-state index contributed by atoms with van der Waals surface area (Å²) in [5.41, 5.74) is 6.56. The topological polar surface area (TPSA) is 92.7 Å². The van der Waals surface area contributed by atoms with Crippen LogP contribution in [0.5, 0.6) is 0 Å². The van der Waals surface area contributed by atoms with Gasteiger partial charge in [0.05, 0.1) is 6.04 Å². The molecule has 8 nitrogen and oxygen atoms in total. The predicted octanol–water partition coefficient (Wildman–Crippen LogP) is 0.272. The van der Waals surface area contributed by atoms with E-state index in [1.165, 1.54) is 6.33 Å². The SMILES string of the molecule is Cc1cc(N2CCN(C(=O)C(C)N)CC2)n2ncnc2n1.Cl.Cl. The fraction of sp³-hybridized carbons (Fsp3) is 0.538. The Morgan fingerprint density at radius 1 is 1.26 bits per heavy atom. The fourth-order valence-electron chi connectivity index (χ4n) is 2.58. The molecule has 0 bridgehead atoms. The molecule has 23 heavy (non-hydrogen) atoms. The van der Waals surface area contributed by atoms with Crippen molar-refractivity contribution in [1.29, 1.82) is 0 Å². The first-order valence-electron chi connectivity index (χ1n) is 7.03. The van der Waals surface area contributed by atoms with E-state index in [0.29, 0.717) is 18.9 Å². The third-order valence-electron chi connectivity index (χ3n) is 3.67. The smallest absolute Gasteiger partial charge is 0.254 e. The van der Waals surface area contributed by atoms with Crippen LogP contribution in [0.1, 0.15) is 12.6 Å². The Hall–Kier alpha value is -1.64. The van der Waals surface area contributed by atoms with E-state index in [1.54, 1.807) is 11.4 Å². The Kier molecular flexibility index (Phi) is 6.55. The molecule has 2 aromatic rings. The van der Waals surface area contributed by atoms with Crippen LogP contribution in [0.15, 0.2) is 12.4 Å². The number of amides is 1. The molecule has 0 aromatic carbocycles. The second-order valence-electron chi connectivity index (χ2n) is 5.33. The Balaban J connectivity index is 0.00000132. The van der Waals surface area contributed by atoms with E-state index in [0.717, 1.165) is 24.6 Å². The summed E-state index contributed by atoms with van der Waals surface area (Å²) >= 11 is 0. The molecule has 3 heterocycles. The number of anilines is 1. The average Bonchev–Trinajstić information content (AvgIpc) is 2.93. The lowest BCUT2D eigenvalue weighted by Gasteiger charge is -2.36. The number of halogens is 2. The minimum Gasteiger partial charge on any atom is -0.353 e. The molecule has 2 aromatic heterocycles. The summed E-state index contributed by atoms with van der Waals surface area (Å²) in [5, 5.41) is 4.22. The second kappa shape index (κ2) is 7.76. The molecule has 1 unspecified atom stereocenters. The standard InChI is InChI=1S/C13H19N7O.2ClH/c1-9-7-11(20-13(17-9)15-8-16-20)18-3-5-19(6-4-18)12(21)10(2)14;;/h7-8,10H,3-6,14H2,1-2H3;2*1H. The van der Waals surface area contributed by atoms with Gasteiger partial charge >= 0.3 is 0 Å². The highest BCUT2D eigenvalue weighted by Crippen LogP contribution is 2.18. The zero-order valence-electron chi connectivity index (χ0n) is 13.0. The van der Waals surface area contributed by atoms with Gasteiger partial charge in [-0.2, -0.15) is 14.6 Å². The number of hydrogen-bond acceptors (Lipinski definition) is 6. The van der Waals surface area contributed by atoms with Crippen LogP contribution < -0.4 is 10.6 Å². The van der Waals surface area contributed by atoms with Gasteiger partial charge in [0.25, 0.3) is 5.78 Å². The second-order valence-corrected chi connectivity index (χ2v) is 5.33. The molecular formula is C13H21Cl2N7O. The van der Waals surface area contributed by atoms with Gasteiger partial charge in [-0.15, -0.1) is 24.8 Å². The quantitative estimate of drug-likeness (QED) is 0.825. The molecular weight excluding hydrogens is 341 g/mol. The number of carbonyl (C=O) groups excluding carboxylic acids is 1.